The first-order chi connectivity index (χ1) is 33.3. The van der Waals surface area contributed by atoms with Gasteiger partial charge < -0.3 is 0 Å². The summed E-state index contributed by atoms with van der Waals surface area (Å²) in [5.74, 6) is -0.0293. The van der Waals surface area contributed by atoms with Crippen LogP contribution in [0.5, 0.6) is 0 Å². The first-order valence-corrected chi connectivity index (χ1v) is 39.2. The molecule has 2 aliphatic carbocycles. The maximum absolute atomic E-state index is 2.97. The third-order valence-electron chi connectivity index (χ3n) is 18.2. The van der Waals surface area contributed by atoms with E-state index in [9.17, 15) is 0 Å². The topological polar surface area (TPSA) is 29.7 Å². The summed E-state index contributed by atoms with van der Waals surface area (Å²) >= 11 is 0. The maximum atomic E-state index is 2.97. The molecule has 12 heteroatoms. The van der Waals surface area contributed by atoms with Crippen LogP contribution in [-0.2, 0) is 17.4 Å². The highest BCUT2D eigenvalue weighted by molar-refractivity contribution is 6.77. The highest BCUT2D eigenvalue weighted by Crippen LogP contribution is 2.42. The van der Waals surface area contributed by atoms with Crippen molar-refractivity contribution in [1.29, 1.82) is 0 Å². The minimum Gasteiger partial charge on any atom is -0.105 e. The number of pyridine rings is 3. The molecule has 9 nitrogen and oxygen atoms in total. The van der Waals surface area contributed by atoms with Gasteiger partial charge in [-0.25, -0.2) is 0 Å². The lowest BCUT2D eigenvalue weighted by Crippen LogP contribution is -2.69. The van der Waals surface area contributed by atoms with Crippen molar-refractivity contribution in [3.63, 3.8) is 0 Å². The van der Waals surface area contributed by atoms with Gasteiger partial charge in [-0.15, -0.1) is 18.3 Å². The summed E-state index contributed by atoms with van der Waals surface area (Å²) in [6.07, 6.45) is 13.9. The molecule has 0 spiro atoms. The highest BCUT2D eigenvalue weighted by atomic mass is 28.3. The number of hydrogen-bond donors (Lipinski definition) is 0. The lowest BCUT2D eigenvalue weighted by atomic mass is 9.92. The monoisotopic (exact) mass is 1030 g/mol. The van der Waals surface area contributed by atoms with Crippen molar-refractivity contribution >= 4 is 58.5 Å². The molecule has 388 valence electrons. The molecule has 9 heterocycles. The Labute approximate surface area is 440 Å². The molecule has 1 atom stereocenters. The van der Waals surface area contributed by atoms with Crippen molar-refractivity contribution in [1.82, 2.24) is 0 Å². The quantitative estimate of drug-likeness (QED) is 0.151. The summed E-state index contributed by atoms with van der Waals surface area (Å²) in [6, 6.07) is 25.7. The number of nitrogens with zero attached hydrogens (tertiary/aromatic N) is 9. The second-order valence-electron chi connectivity index (χ2n) is 26.7. The van der Waals surface area contributed by atoms with Crippen LogP contribution in [0.3, 0.4) is 0 Å². The van der Waals surface area contributed by atoms with Gasteiger partial charge in [-0.2, -0.15) is 0 Å². The Morgan fingerprint density at radius 3 is 1.03 bits per heavy atom. The molecule has 0 amide bonds. The Hall–Kier alpha value is -3.88. The normalized spacial score (nSPS) is 22.9. The molecule has 11 rings (SSSR count). The second-order valence-corrected chi connectivity index (χ2v) is 43.1. The first-order valence-electron chi connectivity index (χ1n) is 28.1. The second kappa shape index (κ2) is 19.0. The summed E-state index contributed by atoms with van der Waals surface area (Å²) in [6.45, 7) is 39.8. The van der Waals surface area contributed by atoms with E-state index in [4.69, 9.17) is 0 Å². The number of aromatic nitrogens is 3. The van der Waals surface area contributed by atoms with Gasteiger partial charge in [-0.1, -0.05) is 102 Å². The summed E-state index contributed by atoms with van der Waals surface area (Å²) in [5, 5.41) is 0. The molecule has 1 unspecified atom stereocenters. The number of hydrogen-bond acceptors (Lipinski definition) is 0. The van der Waals surface area contributed by atoms with Crippen molar-refractivity contribution < 1.29 is 41.2 Å². The van der Waals surface area contributed by atoms with E-state index in [1.54, 1.807) is 0 Å². The van der Waals surface area contributed by atoms with Gasteiger partial charge in [0.05, 0.1) is 24.2 Å². The lowest BCUT2D eigenvalue weighted by Gasteiger charge is -2.31. The molecule has 72 heavy (non-hydrogen) atoms. The summed E-state index contributed by atoms with van der Waals surface area (Å²) < 4.78 is 24.0. The molecule has 3 aromatic rings. The fourth-order valence-corrected chi connectivity index (χ4v) is 21.5. The van der Waals surface area contributed by atoms with Gasteiger partial charge >= 0.3 is 17.4 Å². The largest absolute Gasteiger partial charge is 0.550 e. The van der Waals surface area contributed by atoms with E-state index >= 15 is 0 Å². The van der Waals surface area contributed by atoms with Crippen LogP contribution in [0.25, 0.3) is 0 Å². The average Bonchev–Trinajstić information content (AvgIpc) is 4.00. The molecule has 3 aromatic heterocycles. The molecule has 0 aromatic carbocycles. The Morgan fingerprint density at radius 2 is 0.681 bits per heavy atom. The molecule has 6 aliphatic heterocycles. The predicted octanol–water partition coefficient (Wildman–Crippen LogP) is 9.99. The molecule has 2 fully saturated rings. The SMILES string of the molecule is C.CC1=[N+](C)C2(C[Si](C)(C)C)[N+](C)=C(C)c3cccc1[n+]32.CC1=[N+](C2CCCCC2)C2(C[Si](C)(C)C)[N+](C3CCCCC3)=C(C)c3cccc1[n+]32.CC[N+]1=C(C)c2cccc3[n+]2C1(C[Si](C)(C)C)[N+](C)=C3C. The van der Waals surface area contributed by atoms with Crippen LogP contribution >= 0.6 is 0 Å². The Bertz CT molecular complexity index is 2800. The van der Waals surface area contributed by atoms with Gasteiger partial charge in [0.1, 0.15) is 39.3 Å². The van der Waals surface area contributed by atoms with Gasteiger partial charge in [-0.05, 0) is 50.8 Å². The van der Waals surface area contributed by atoms with Crippen molar-refractivity contribution in [3.8, 4) is 0 Å². The Kier molecular flexibility index (Phi) is 14.4. The van der Waals surface area contributed by atoms with E-state index in [1.807, 2.05) is 0 Å². The van der Waals surface area contributed by atoms with Gasteiger partial charge in [0.15, 0.2) is 18.6 Å². The van der Waals surface area contributed by atoms with Crippen LogP contribution < -0.4 is 13.7 Å². The predicted molar refractivity (Wildman–Crippen MR) is 307 cm³/mol. The van der Waals surface area contributed by atoms with Crippen molar-refractivity contribution in [2.45, 2.75) is 227 Å². The zero-order valence-electron chi connectivity index (χ0n) is 48.3. The molecule has 8 aliphatic rings. The fourth-order valence-electron chi connectivity index (χ4n) is 15.5. The number of rotatable bonds is 9. The van der Waals surface area contributed by atoms with Gasteiger partial charge in [0.2, 0.25) is 0 Å². The Morgan fingerprint density at radius 1 is 0.403 bits per heavy atom. The van der Waals surface area contributed by atoms with E-state index in [-0.39, 0.29) is 24.8 Å². The smallest absolute Gasteiger partial charge is 0.105 e. The summed E-state index contributed by atoms with van der Waals surface area (Å²) in [7, 11) is 2.96. The third kappa shape index (κ3) is 8.27. The van der Waals surface area contributed by atoms with Crippen LogP contribution in [0, 0.1) is 0 Å². The van der Waals surface area contributed by atoms with Crippen LogP contribution in [-0.4, -0.2) is 126 Å². The van der Waals surface area contributed by atoms with Crippen LogP contribution in [0.15, 0.2) is 54.6 Å². The van der Waals surface area contributed by atoms with Crippen molar-refractivity contribution in [2.24, 2.45) is 0 Å². The van der Waals surface area contributed by atoms with Crippen LogP contribution in [0.1, 0.15) is 154 Å². The zero-order valence-corrected chi connectivity index (χ0v) is 51.3. The maximum Gasteiger partial charge on any atom is 0.550 e. The van der Waals surface area contributed by atoms with Crippen LogP contribution in [0.4, 0.5) is 0 Å². The molecular formula is C60H100N9Si3+9. The highest BCUT2D eigenvalue weighted by Gasteiger charge is 2.78. The average molecular weight is 1030 g/mol. The van der Waals surface area contributed by atoms with E-state index in [2.05, 4.69) is 224 Å². The van der Waals surface area contributed by atoms with Crippen molar-refractivity contribution in [3.05, 3.63) is 88.8 Å². The van der Waals surface area contributed by atoms with Gasteiger partial charge in [0.25, 0.3) is 68.4 Å². The summed E-state index contributed by atoms with van der Waals surface area (Å²) in [4.78, 5) is 0. The van der Waals surface area contributed by atoms with E-state index in [0.29, 0.717) is 12.1 Å². The van der Waals surface area contributed by atoms with Gasteiger partial charge in [-0.3, -0.25) is 0 Å². The molecule has 0 bridgehead atoms. The molecule has 2 saturated carbocycles. The minimum absolute atomic E-state index is 0. The van der Waals surface area contributed by atoms with E-state index < -0.39 is 24.2 Å². The molecule has 0 radical (unpaired) electrons. The first kappa shape index (κ1) is 54.4. The molecular weight excluding hydrogens is 931 g/mol. The minimum atomic E-state index is -1.35. The van der Waals surface area contributed by atoms with E-state index in [1.165, 1.54) is 151 Å². The van der Waals surface area contributed by atoms with E-state index in [0.717, 1.165) is 6.54 Å². The van der Waals surface area contributed by atoms with Crippen molar-refractivity contribution in [2.75, 3.05) is 27.7 Å². The standard InChI is InChI=1S/C26H42N3Si.C17H28N3Si.C16H26N3Si.CH4/c1-20-24-17-12-18-25-21(2)28(23-15-10-7-11-16-23)26(29(24)25,19-30(3,4)5)27(20)22-13-8-6-9-14-22;1-8-19-14(3)16-11-9-10-15-13(2)18(4)17(19,20(15)16)12-21(5,6)7;1-12-14-9-8-10-15-13(2)18(4)16(17(12)3,19(14)15)11-20(5,6)7;/h12,17-18,22-23H,6-11,13-16,19H2,1-5H3;9-11H,8,12H2,1-7H3;8-10H,11H2,1-7H3;1H4/q3*+3;. The molecule has 0 saturated heterocycles. The van der Waals surface area contributed by atoms with Gasteiger partial charge in [0, 0.05) is 104 Å². The third-order valence-corrected chi connectivity index (χ3v) is 22.8. The fraction of sp³-hybridized carbons (Fsp3) is 0.650. The van der Waals surface area contributed by atoms with Crippen LogP contribution in [0.2, 0.25) is 77.1 Å². The zero-order chi connectivity index (χ0) is 51.5. The summed E-state index contributed by atoms with van der Waals surface area (Å²) in [5.41, 5.74) is 17.1. The lowest BCUT2D eigenvalue weighted by molar-refractivity contribution is -1.07. The Balaban J connectivity index is 0.000000148. The molecule has 0 N–H and O–H groups in total.